The Morgan fingerprint density at radius 2 is 1.33 bits per heavy atom. The molecule has 2 aromatic rings. The molecule has 2 heteroatoms. The second-order valence-electron chi connectivity index (χ2n) is 4.73. The van der Waals surface area contributed by atoms with Gasteiger partial charge in [-0.3, -0.25) is 0 Å². The van der Waals surface area contributed by atoms with Crippen molar-refractivity contribution in [3.05, 3.63) is 54.6 Å². The fourth-order valence-corrected chi connectivity index (χ4v) is 2.42. The average molecular weight is 238 g/mol. The molecule has 0 aromatic heterocycles. The molecule has 1 N–H and O–H groups in total. The van der Waals surface area contributed by atoms with Crippen LogP contribution in [0.2, 0.25) is 0 Å². The van der Waals surface area contributed by atoms with E-state index in [1.807, 2.05) is 18.2 Å². The molecule has 2 aromatic carbocycles. The zero-order valence-electron chi connectivity index (χ0n) is 10.5. The third kappa shape index (κ3) is 2.48. The van der Waals surface area contributed by atoms with E-state index in [1.54, 1.807) is 0 Å². The quantitative estimate of drug-likeness (QED) is 0.868. The number of nitrogens with zero attached hydrogens (tertiary/aromatic N) is 1. The lowest BCUT2D eigenvalue weighted by atomic mass is 10.2. The zero-order valence-corrected chi connectivity index (χ0v) is 10.5. The smallest absolute Gasteiger partial charge is 0.0385 e. The van der Waals surface area contributed by atoms with Crippen LogP contribution in [0.5, 0.6) is 0 Å². The van der Waals surface area contributed by atoms with Gasteiger partial charge in [0.1, 0.15) is 0 Å². The molecule has 0 unspecified atom stereocenters. The van der Waals surface area contributed by atoms with Crippen molar-refractivity contribution in [3.63, 3.8) is 0 Å². The predicted molar refractivity (Wildman–Crippen MR) is 77.6 cm³/mol. The maximum Gasteiger partial charge on any atom is 0.0385 e. The van der Waals surface area contributed by atoms with Crippen LogP contribution in [0.25, 0.3) is 0 Å². The maximum absolute atomic E-state index is 3.40. The largest absolute Gasteiger partial charge is 0.372 e. The topological polar surface area (TPSA) is 15.3 Å². The molecule has 92 valence electrons. The summed E-state index contributed by atoms with van der Waals surface area (Å²) in [6.45, 7) is 2.40. The van der Waals surface area contributed by atoms with Crippen molar-refractivity contribution < 1.29 is 0 Å². The molecule has 0 radical (unpaired) electrons. The summed E-state index contributed by atoms with van der Waals surface area (Å²) >= 11 is 0. The van der Waals surface area contributed by atoms with Crippen LogP contribution in [-0.4, -0.2) is 13.1 Å². The number of hydrogen-bond acceptors (Lipinski definition) is 2. The lowest BCUT2D eigenvalue weighted by Gasteiger charge is -2.18. The SMILES string of the molecule is c1ccc(Nc2ccc(N3CCCC3)cc2)cc1. The number of hydrogen-bond donors (Lipinski definition) is 1. The highest BCUT2D eigenvalue weighted by atomic mass is 15.1. The van der Waals surface area contributed by atoms with Crippen LogP contribution in [0.1, 0.15) is 12.8 Å². The van der Waals surface area contributed by atoms with E-state index in [0.717, 1.165) is 11.4 Å². The fourth-order valence-electron chi connectivity index (χ4n) is 2.42. The Balaban J connectivity index is 1.71. The monoisotopic (exact) mass is 238 g/mol. The molecule has 1 fully saturated rings. The Kier molecular flexibility index (Phi) is 3.18. The van der Waals surface area contributed by atoms with Gasteiger partial charge in [0.15, 0.2) is 0 Å². The van der Waals surface area contributed by atoms with Gasteiger partial charge in [0.05, 0.1) is 0 Å². The summed E-state index contributed by atoms with van der Waals surface area (Å²) < 4.78 is 0. The minimum Gasteiger partial charge on any atom is -0.372 e. The molecule has 0 aliphatic carbocycles. The number of nitrogens with one attached hydrogen (secondary N) is 1. The van der Waals surface area contributed by atoms with Gasteiger partial charge in [-0.05, 0) is 49.2 Å². The predicted octanol–water partition coefficient (Wildman–Crippen LogP) is 4.03. The first-order valence-corrected chi connectivity index (χ1v) is 6.59. The molecule has 1 aliphatic rings. The number of anilines is 3. The Morgan fingerprint density at radius 1 is 0.722 bits per heavy atom. The molecule has 0 bridgehead atoms. The second-order valence-corrected chi connectivity index (χ2v) is 4.73. The van der Waals surface area contributed by atoms with Gasteiger partial charge >= 0.3 is 0 Å². The summed E-state index contributed by atoms with van der Waals surface area (Å²) in [5, 5.41) is 3.40. The lowest BCUT2D eigenvalue weighted by molar-refractivity contribution is 0.949. The summed E-state index contributed by atoms with van der Waals surface area (Å²) in [7, 11) is 0. The number of para-hydroxylation sites is 1. The first-order valence-electron chi connectivity index (χ1n) is 6.59. The number of benzene rings is 2. The highest BCUT2D eigenvalue weighted by Gasteiger charge is 2.11. The lowest BCUT2D eigenvalue weighted by Crippen LogP contribution is -2.17. The Hall–Kier alpha value is -1.96. The third-order valence-electron chi connectivity index (χ3n) is 3.40. The maximum atomic E-state index is 3.40. The average Bonchev–Trinajstić information content (AvgIpc) is 2.95. The highest BCUT2D eigenvalue weighted by Crippen LogP contribution is 2.23. The molecule has 18 heavy (non-hydrogen) atoms. The summed E-state index contributed by atoms with van der Waals surface area (Å²) in [4.78, 5) is 2.45. The van der Waals surface area contributed by atoms with Crippen LogP contribution < -0.4 is 10.2 Å². The molecular formula is C16H18N2. The Labute approximate surface area is 108 Å². The molecule has 1 aliphatic heterocycles. The molecule has 3 rings (SSSR count). The fraction of sp³-hybridized carbons (Fsp3) is 0.250. The van der Waals surface area contributed by atoms with E-state index in [1.165, 1.54) is 31.6 Å². The van der Waals surface area contributed by atoms with E-state index in [2.05, 4.69) is 46.6 Å². The van der Waals surface area contributed by atoms with Gasteiger partial charge in [-0.1, -0.05) is 18.2 Å². The van der Waals surface area contributed by atoms with Gasteiger partial charge < -0.3 is 10.2 Å². The first kappa shape index (κ1) is 11.1. The van der Waals surface area contributed by atoms with Crippen molar-refractivity contribution in [3.8, 4) is 0 Å². The molecule has 1 heterocycles. The van der Waals surface area contributed by atoms with Crippen molar-refractivity contribution in [1.82, 2.24) is 0 Å². The minimum atomic E-state index is 1.13. The van der Waals surface area contributed by atoms with Gasteiger partial charge in [-0.15, -0.1) is 0 Å². The van der Waals surface area contributed by atoms with Crippen LogP contribution in [0.3, 0.4) is 0 Å². The third-order valence-corrected chi connectivity index (χ3v) is 3.40. The summed E-state index contributed by atoms with van der Waals surface area (Å²) in [5.74, 6) is 0. The molecule has 2 nitrogen and oxygen atoms in total. The zero-order chi connectivity index (χ0) is 12.2. The van der Waals surface area contributed by atoms with Crippen molar-refractivity contribution in [2.75, 3.05) is 23.3 Å². The van der Waals surface area contributed by atoms with Crippen LogP contribution >= 0.6 is 0 Å². The van der Waals surface area contributed by atoms with Crippen LogP contribution in [0.4, 0.5) is 17.1 Å². The second kappa shape index (κ2) is 5.13. The normalized spacial score (nSPS) is 14.8. The van der Waals surface area contributed by atoms with Crippen LogP contribution in [0.15, 0.2) is 54.6 Å². The van der Waals surface area contributed by atoms with Gasteiger partial charge in [0, 0.05) is 30.2 Å². The summed E-state index contributed by atoms with van der Waals surface area (Å²) in [6.07, 6.45) is 2.65. The summed E-state index contributed by atoms with van der Waals surface area (Å²) in [6, 6.07) is 19.0. The highest BCUT2D eigenvalue weighted by molar-refractivity contribution is 5.62. The standard InChI is InChI=1S/C16H18N2/c1-2-6-14(7-3-1)17-15-8-10-16(11-9-15)18-12-4-5-13-18/h1-3,6-11,17H,4-5,12-13H2. The van der Waals surface area contributed by atoms with Gasteiger partial charge in [-0.25, -0.2) is 0 Å². The number of rotatable bonds is 3. The van der Waals surface area contributed by atoms with Gasteiger partial charge in [0.25, 0.3) is 0 Å². The van der Waals surface area contributed by atoms with E-state index >= 15 is 0 Å². The van der Waals surface area contributed by atoms with E-state index < -0.39 is 0 Å². The van der Waals surface area contributed by atoms with Crippen LogP contribution in [-0.2, 0) is 0 Å². The summed E-state index contributed by atoms with van der Waals surface area (Å²) in [5.41, 5.74) is 3.61. The molecular weight excluding hydrogens is 220 g/mol. The van der Waals surface area contributed by atoms with E-state index in [4.69, 9.17) is 0 Å². The molecule has 0 saturated carbocycles. The van der Waals surface area contributed by atoms with Gasteiger partial charge in [0.2, 0.25) is 0 Å². The van der Waals surface area contributed by atoms with Crippen LogP contribution in [0, 0.1) is 0 Å². The van der Waals surface area contributed by atoms with Crippen molar-refractivity contribution >= 4 is 17.1 Å². The Bertz CT molecular complexity index is 484. The minimum absolute atomic E-state index is 1.13. The van der Waals surface area contributed by atoms with E-state index in [9.17, 15) is 0 Å². The Morgan fingerprint density at radius 3 is 2.00 bits per heavy atom. The molecule has 0 atom stereocenters. The van der Waals surface area contributed by atoms with E-state index in [0.29, 0.717) is 0 Å². The van der Waals surface area contributed by atoms with Crippen molar-refractivity contribution in [1.29, 1.82) is 0 Å². The van der Waals surface area contributed by atoms with Gasteiger partial charge in [-0.2, -0.15) is 0 Å². The van der Waals surface area contributed by atoms with Crippen molar-refractivity contribution in [2.45, 2.75) is 12.8 Å². The van der Waals surface area contributed by atoms with Crippen molar-refractivity contribution in [2.24, 2.45) is 0 Å². The first-order chi connectivity index (χ1) is 8.92. The molecule has 0 amide bonds. The molecule has 1 saturated heterocycles. The van der Waals surface area contributed by atoms with E-state index in [-0.39, 0.29) is 0 Å². The molecule has 0 spiro atoms.